The lowest BCUT2D eigenvalue weighted by Gasteiger charge is -2.18. The van der Waals surface area contributed by atoms with Crippen LogP contribution in [0, 0.1) is 6.92 Å². The molecular weight excluding hydrogens is 342 g/mol. The Balaban J connectivity index is 2.16. The molecule has 108 valence electrons. The maximum Gasteiger partial charge on any atom is 0.361 e. The van der Waals surface area contributed by atoms with Crippen LogP contribution < -0.4 is 0 Å². The van der Waals surface area contributed by atoms with Crippen LogP contribution in [0.2, 0.25) is 0 Å². The first kappa shape index (κ1) is 15.2. The van der Waals surface area contributed by atoms with Gasteiger partial charge in [0.1, 0.15) is 5.60 Å². The third kappa shape index (κ3) is 3.67. The Morgan fingerprint density at radius 3 is 2.75 bits per heavy atom. The van der Waals surface area contributed by atoms with Crippen molar-refractivity contribution in [3.8, 4) is 0 Å². The van der Waals surface area contributed by atoms with Gasteiger partial charge in [-0.1, -0.05) is 5.21 Å². The number of aromatic nitrogens is 3. The Bertz CT molecular complexity index is 628. The van der Waals surface area contributed by atoms with Crippen LogP contribution in [-0.4, -0.2) is 26.6 Å². The summed E-state index contributed by atoms with van der Waals surface area (Å²) >= 11 is 5.04. The van der Waals surface area contributed by atoms with E-state index in [0.717, 1.165) is 9.35 Å². The molecule has 2 heterocycles. The molecule has 0 amide bonds. The van der Waals surface area contributed by atoms with E-state index in [1.807, 2.05) is 39.1 Å². The van der Waals surface area contributed by atoms with Gasteiger partial charge in [0.2, 0.25) is 0 Å². The highest BCUT2D eigenvalue weighted by molar-refractivity contribution is 9.11. The Hall–Kier alpha value is -1.21. The molecule has 0 atom stereocenters. The maximum absolute atomic E-state index is 12.0. The highest BCUT2D eigenvalue weighted by Gasteiger charge is 2.23. The van der Waals surface area contributed by atoms with Gasteiger partial charge in [-0.15, -0.1) is 16.4 Å². The van der Waals surface area contributed by atoms with E-state index < -0.39 is 11.6 Å². The van der Waals surface area contributed by atoms with Crippen LogP contribution in [0.15, 0.2) is 15.2 Å². The summed E-state index contributed by atoms with van der Waals surface area (Å²) in [6.07, 6.45) is 0. The standard InChI is InChI=1S/C13H16BrN3O2S/c1-8-11(12(18)19-13(2,3)4)15-16-17(8)6-9-5-10(14)20-7-9/h5,7H,6H2,1-4H3. The van der Waals surface area contributed by atoms with E-state index >= 15 is 0 Å². The largest absolute Gasteiger partial charge is 0.455 e. The minimum atomic E-state index is -0.536. The summed E-state index contributed by atoms with van der Waals surface area (Å²) in [4.78, 5) is 12.0. The van der Waals surface area contributed by atoms with Gasteiger partial charge in [0.15, 0.2) is 5.69 Å². The van der Waals surface area contributed by atoms with E-state index in [1.54, 1.807) is 16.0 Å². The SMILES string of the molecule is Cc1c(C(=O)OC(C)(C)C)nnn1Cc1csc(Br)c1. The Morgan fingerprint density at radius 1 is 1.50 bits per heavy atom. The number of thiophene rings is 1. The number of halogens is 1. The lowest BCUT2D eigenvalue weighted by molar-refractivity contribution is 0.00619. The number of nitrogens with zero attached hydrogens (tertiary/aromatic N) is 3. The highest BCUT2D eigenvalue weighted by atomic mass is 79.9. The number of carbonyl (C=O) groups excluding carboxylic acids is 1. The summed E-state index contributed by atoms with van der Waals surface area (Å²) in [5, 5.41) is 10.00. The molecule has 5 nitrogen and oxygen atoms in total. The molecule has 0 aliphatic rings. The minimum Gasteiger partial charge on any atom is -0.455 e. The predicted molar refractivity (Wildman–Crippen MR) is 81.0 cm³/mol. The second-order valence-electron chi connectivity index (χ2n) is 5.44. The van der Waals surface area contributed by atoms with Gasteiger partial charge < -0.3 is 4.74 Å². The fourth-order valence-electron chi connectivity index (χ4n) is 1.63. The molecule has 0 aliphatic carbocycles. The lowest BCUT2D eigenvalue weighted by atomic mass is 10.2. The average Bonchev–Trinajstić information content (AvgIpc) is 2.85. The molecule has 2 aromatic rings. The molecule has 2 rings (SSSR count). The summed E-state index contributed by atoms with van der Waals surface area (Å²) in [5.41, 5.74) is 1.56. The van der Waals surface area contributed by atoms with Crippen LogP contribution in [0.3, 0.4) is 0 Å². The Labute approximate surface area is 130 Å². The molecule has 0 radical (unpaired) electrons. The van der Waals surface area contributed by atoms with Crippen LogP contribution >= 0.6 is 27.3 Å². The number of hydrogen-bond acceptors (Lipinski definition) is 5. The van der Waals surface area contributed by atoms with Crippen molar-refractivity contribution in [1.82, 2.24) is 15.0 Å². The van der Waals surface area contributed by atoms with Crippen LogP contribution in [0.1, 0.15) is 42.5 Å². The van der Waals surface area contributed by atoms with Gasteiger partial charge in [0.05, 0.1) is 16.0 Å². The normalized spacial score (nSPS) is 11.7. The van der Waals surface area contributed by atoms with Crippen molar-refractivity contribution in [3.05, 3.63) is 32.2 Å². The zero-order chi connectivity index (χ0) is 14.9. The molecule has 2 aromatic heterocycles. The first-order valence-corrected chi connectivity index (χ1v) is 7.80. The smallest absolute Gasteiger partial charge is 0.361 e. The number of carbonyl (C=O) groups is 1. The summed E-state index contributed by atoms with van der Waals surface area (Å²) in [7, 11) is 0. The molecule has 0 saturated heterocycles. The molecule has 0 saturated carbocycles. The first-order valence-electron chi connectivity index (χ1n) is 6.12. The van der Waals surface area contributed by atoms with Crippen LogP contribution in [0.25, 0.3) is 0 Å². The molecule has 0 fully saturated rings. The molecule has 0 spiro atoms. The highest BCUT2D eigenvalue weighted by Crippen LogP contribution is 2.22. The van der Waals surface area contributed by atoms with Gasteiger partial charge in [-0.05, 0) is 60.6 Å². The molecule has 20 heavy (non-hydrogen) atoms. The molecule has 0 bridgehead atoms. The van der Waals surface area contributed by atoms with E-state index in [9.17, 15) is 4.79 Å². The third-order valence-corrected chi connectivity index (χ3v) is 4.08. The first-order chi connectivity index (χ1) is 9.26. The van der Waals surface area contributed by atoms with E-state index in [1.165, 1.54) is 0 Å². The van der Waals surface area contributed by atoms with E-state index in [0.29, 0.717) is 12.2 Å². The second kappa shape index (κ2) is 5.65. The van der Waals surface area contributed by atoms with Crippen molar-refractivity contribution in [2.45, 2.75) is 39.8 Å². The average molecular weight is 358 g/mol. The number of hydrogen-bond donors (Lipinski definition) is 0. The summed E-state index contributed by atoms with van der Waals surface area (Å²) in [6, 6.07) is 2.03. The van der Waals surface area contributed by atoms with Gasteiger partial charge in [0.25, 0.3) is 0 Å². The monoisotopic (exact) mass is 357 g/mol. The summed E-state index contributed by atoms with van der Waals surface area (Å²) < 4.78 is 8.08. The summed E-state index contributed by atoms with van der Waals surface area (Å²) in [5.74, 6) is -0.437. The van der Waals surface area contributed by atoms with Gasteiger partial charge in [0, 0.05) is 0 Å². The maximum atomic E-state index is 12.0. The molecule has 0 aliphatic heterocycles. The van der Waals surface area contributed by atoms with Crippen LogP contribution in [0.4, 0.5) is 0 Å². The van der Waals surface area contributed by atoms with E-state index in [2.05, 4.69) is 26.2 Å². The topological polar surface area (TPSA) is 57.0 Å². The quantitative estimate of drug-likeness (QED) is 0.789. The molecule has 0 N–H and O–H groups in total. The van der Waals surface area contributed by atoms with Crippen LogP contribution in [-0.2, 0) is 11.3 Å². The van der Waals surface area contributed by atoms with E-state index in [4.69, 9.17) is 4.74 Å². The Kier molecular flexibility index (Phi) is 4.29. The fraction of sp³-hybridized carbons (Fsp3) is 0.462. The van der Waals surface area contributed by atoms with Gasteiger partial charge >= 0.3 is 5.97 Å². The van der Waals surface area contributed by atoms with Crippen molar-refractivity contribution in [3.63, 3.8) is 0 Å². The van der Waals surface area contributed by atoms with Crippen LogP contribution in [0.5, 0.6) is 0 Å². The molecular formula is C13H16BrN3O2S. The number of esters is 1. The van der Waals surface area contributed by atoms with E-state index in [-0.39, 0.29) is 5.69 Å². The number of rotatable bonds is 3. The molecule has 0 unspecified atom stereocenters. The Morgan fingerprint density at radius 2 is 2.20 bits per heavy atom. The molecule has 7 heteroatoms. The van der Waals surface area contributed by atoms with Gasteiger partial charge in [-0.25, -0.2) is 9.48 Å². The van der Waals surface area contributed by atoms with Crippen molar-refractivity contribution in [1.29, 1.82) is 0 Å². The zero-order valence-electron chi connectivity index (χ0n) is 11.8. The minimum absolute atomic E-state index is 0.272. The summed E-state index contributed by atoms with van der Waals surface area (Å²) in [6.45, 7) is 7.89. The predicted octanol–water partition coefficient (Wildman–Crippen LogP) is 3.41. The van der Waals surface area contributed by atoms with Gasteiger partial charge in [-0.3, -0.25) is 0 Å². The van der Waals surface area contributed by atoms with Crippen molar-refractivity contribution < 1.29 is 9.53 Å². The van der Waals surface area contributed by atoms with Crippen molar-refractivity contribution in [2.24, 2.45) is 0 Å². The second-order valence-corrected chi connectivity index (χ2v) is 7.73. The fourth-order valence-corrected chi connectivity index (χ4v) is 2.83. The third-order valence-electron chi connectivity index (χ3n) is 2.53. The van der Waals surface area contributed by atoms with Crippen molar-refractivity contribution in [2.75, 3.05) is 0 Å². The lowest BCUT2D eigenvalue weighted by Crippen LogP contribution is -2.24. The molecule has 0 aromatic carbocycles. The van der Waals surface area contributed by atoms with Crippen molar-refractivity contribution >= 4 is 33.2 Å². The number of ether oxygens (including phenoxy) is 1. The zero-order valence-corrected chi connectivity index (χ0v) is 14.2. The van der Waals surface area contributed by atoms with Gasteiger partial charge in [-0.2, -0.15) is 0 Å².